The lowest BCUT2D eigenvalue weighted by Gasteiger charge is -2.15. The fourth-order valence-electron chi connectivity index (χ4n) is 4.58. The molecule has 5 heteroatoms. The Balaban J connectivity index is 0.000000848. The van der Waals surface area contributed by atoms with Crippen molar-refractivity contribution in [2.24, 2.45) is 0 Å². The first kappa shape index (κ1) is 23.5. The van der Waals surface area contributed by atoms with Crippen molar-refractivity contribution in [1.29, 1.82) is 0 Å². The number of fused-ring (bicyclic) bond motifs is 4. The lowest BCUT2D eigenvalue weighted by molar-refractivity contribution is 0.318. The summed E-state index contributed by atoms with van der Waals surface area (Å²) in [5.41, 5.74) is 6.41. The minimum Gasteiger partial charge on any atom is -0.397 e. The fraction of sp³-hybridized carbons (Fsp3) is 0.161. The number of nitrogens with one attached hydrogen (secondary N) is 2. The summed E-state index contributed by atoms with van der Waals surface area (Å²) in [6.07, 6.45) is 0.982. The zero-order valence-corrected chi connectivity index (χ0v) is 20.4. The number of hydrogen-bond donors (Lipinski definition) is 3. The second kappa shape index (κ2) is 11.0. The Bertz CT molecular complexity index is 1400. The highest BCUT2D eigenvalue weighted by molar-refractivity contribution is 6.08. The Hall–Kier alpha value is -4.22. The van der Waals surface area contributed by atoms with Crippen LogP contribution >= 0.6 is 0 Å². The highest BCUT2D eigenvalue weighted by atomic mass is 16.2. The van der Waals surface area contributed by atoms with Crippen LogP contribution in [0.1, 0.15) is 13.3 Å². The summed E-state index contributed by atoms with van der Waals surface area (Å²) in [5, 5.41) is 19.6. The van der Waals surface area contributed by atoms with Crippen LogP contribution in [0.25, 0.3) is 43.6 Å². The number of rotatable bonds is 6. The van der Waals surface area contributed by atoms with Crippen molar-refractivity contribution in [2.45, 2.75) is 13.3 Å². The maximum Gasteiger partial charge on any atom is 0.0730 e. The molecule has 0 saturated carbocycles. The van der Waals surface area contributed by atoms with Crippen molar-refractivity contribution >= 4 is 55.0 Å². The minimum absolute atomic E-state index is 0.250. The summed E-state index contributed by atoms with van der Waals surface area (Å²) in [5.74, 6) is 0. The second-order valence-corrected chi connectivity index (χ2v) is 8.57. The molecule has 0 fully saturated rings. The number of pyridine rings is 2. The van der Waals surface area contributed by atoms with Gasteiger partial charge in [0.25, 0.3) is 0 Å². The van der Waals surface area contributed by atoms with E-state index < -0.39 is 0 Å². The largest absolute Gasteiger partial charge is 0.397 e. The Morgan fingerprint density at radius 2 is 0.806 bits per heavy atom. The average Bonchev–Trinajstić information content (AvgIpc) is 2.92. The van der Waals surface area contributed by atoms with E-state index in [2.05, 4.69) is 83.4 Å². The summed E-state index contributed by atoms with van der Waals surface area (Å²) in [4.78, 5) is 9.64. The van der Waals surface area contributed by atoms with Crippen LogP contribution in [0.15, 0.2) is 97.1 Å². The standard InChI is InChI=1S/C29H24N4.C2H6O/c1-5-14-24-20(10-1)28(21-11-2-6-15-25(21)32-24)30-18-9-19-31-29-22-12-3-7-16-26(22)33-27-17-8-4-13-23(27)29;1-2-3/h1-8,10-17H,9,18-19H2,(H,30,32)(H,31,33);3H,2H2,1H3. The van der Waals surface area contributed by atoms with E-state index >= 15 is 0 Å². The summed E-state index contributed by atoms with van der Waals surface area (Å²) < 4.78 is 0. The van der Waals surface area contributed by atoms with Crippen LogP contribution in [0.2, 0.25) is 0 Å². The van der Waals surface area contributed by atoms with E-state index in [1.807, 2.05) is 24.3 Å². The van der Waals surface area contributed by atoms with Gasteiger partial charge in [0, 0.05) is 41.2 Å². The molecular formula is C31H30N4O. The van der Waals surface area contributed by atoms with Gasteiger partial charge in [-0.1, -0.05) is 72.8 Å². The van der Waals surface area contributed by atoms with E-state index in [4.69, 9.17) is 15.1 Å². The van der Waals surface area contributed by atoms with E-state index in [0.717, 1.165) is 74.5 Å². The van der Waals surface area contributed by atoms with Crippen LogP contribution in [0.4, 0.5) is 11.4 Å². The van der Waals surface area contributed by atoms with Gasteiger partial charge in [-0.05, 0) is 37.6 Å². The maximum atomic E-state index is 7.57. The van der Waals surface area contributed by atoms with Gasteiger partial charge in [0.1, 0.15) is 0 Å². The molecule has 0 radical (unpaired) electrons. The predicted octanol–water partition coefficient (Wildman–Crippen LogP) is 7.00. The second-order valence-electron chi connectivity index (χ2n) is 8.57. The molecule has 3 N–H and O–H groups in total. The summed E-state index contributed by atoms with van der Waals surface area (Å²) >= 11 is 0. The molecule has 6 aromatic rings. The van der Waals surface area contributed by atoms with Gasteiger partial charge in [-0.25, -0.2) is 9.97 Å². The fourth-order valence-corrected chi connectivity index (χ4v) is 4.58. The number of benzene rings is 4. The molecule has 0 aliphatic rings. The van der Waals surface area contributed by atoms with Gasteiger partial charge in [0.15, 0.2) is 0 Å². The zero-order valence-electron chi connectivity index (χ0n) is 20.4. The molecule has 0 bridgehead atoms. The number of anilines is 2. The molecule has 0 amide bonds. The molecule has 5 nitrogen and oxygen atoms in total. The molecule has 0 spiro atoms. The van der Waals surface area contributed by atoms with Gasteiger partial charge in [-0.15, -0.1) is 0 Å². The smallest absolute Gasteiger partial charge is 0.0730 e. The van der Waals surface area contributed by atoms with Crippen molar-refractivity contribution < 1.29 is 5.11 Å². The molecule has 2 aromatic heterocycles. The number of aliphatic hydroxyl groups excluding tert-OH is 1. The molecule has 0 aliphatic heterocycles. The van der Waals surface area contributed by atoms with E-state index in [9.17, 15) is 0 Å². The lowest BCUT2D eigenvalue weighted by atomic mass is 10.1. The summed E-state index contributed by atoms with van der Waals surface area (Å²) in [6.45, 7) is 3.66. The molecule has 2 heterocycles. The number of aromatic nitrogens is 2. The van der Waals surface area contributed by atoms with Crippen LogP contribution in [0, 0.1) is 0 Å². The van der Waals surface area contributed by atoms with Crippen molar-refractivity contribution in [3.05, 3.63) is 97.1 Å². The van der Waals surface area contributed by atoms with Crippen LogP contribution in [-0.4, -0.2) is 34.8 Å². The number of aliphatic hydroxyl groups is 1. The molecule has 0 unspecified atom stereocenters. The van der Waals surface area contributed by atoms with Crippen molar-refractivity contribution in [1.82, 2.24) is 9.97 Å². The third-order valence-electron chi connectivity index (χ3n) is 6.13. The highest BCUT2D eigenvalue weighted by Crippen LogP contribution is 2.32. The maximum absolute atomic E-state index is 7.57. The number of para-hydroxylation sites is 4. The molecule has 0 saturated heterocycles. The van der Waals surface area contributed by atoms with E-state index in [0.29, 0.717) is 0 Å². The Morgan fingerprint density at radius 3 is 1.11 bits per heavy atom. The molecular weight excluding hydrogens is 444 g/mol. The van der Waals surface area contributed by atoms with E-state index in [1.165, 1.54) is 0 Å². The first-order valence-corrected chi connectivity index (χ1v) is 12.4. The summed E-state index contributed by atoms with van der Waals surface area (Å²) in [7, 11) is 0. The lowest BCUT2D eigenvalue weighted by Crippen LogP contribution is -2.10. The van der Waals surface area contributed by atoms with Crippen LogP contribution in [0.5, 0.6) is 0 Å². The molecule has 36 heavy (non-hydrogen) atoms. The minimum atomic E-state index is 0.250. The predicted molar refractivity (Wildman–Crippen MR) is 153 cm³/mol. The van der Waals surface area contributed by atoms with Gasteiger partial charge < -0.3 is 15.7 Å². The molecule has 0 aliphatic carbocycles. The third kappa shape index (κ3) is 4.79. The SMILES string of the molecule is CCO.c1ccc2c(NCCCNc3c4ccccc4nc4ccccc34)c3ccccc3nc2c1. The topological polar surface area (TPSA) is 70.1 Å². The van der Waals surface area contributed by atoms with E-state index in [1.54, 1.807) is 6.92 Å². The average molecular weight is 475 g/mol. The van der Waals surface area contributed by atoms with Crippen molar-refractivity contribution in [3.8, 4) is 0 Å². The highest BCUT2D eigenvalue weighted by Gasteiger charge is 2.10. The van der Waals surface area contributed by atoms with Gasteiger partial charge in [-0.2, -0.15) is 0 Å². The van der Waals surface area contributed by atoms with Gasteiger partial charge in [0.2, 0.25) is 0 Å². The molecule has 4 aromatic carbocycles. The van der Waals surface area contributed by atoms with Gasteiger partial charge >= 0.3 is 0 Å². The monoisotopic (exact) mass is 474 g/mol. The van der Waals surface area contributed by atoms with Crippen LogP contribution in [0.3, 0.4) is 0 Å². The van der Waals surface area contributed by atoms with Gasteiger partial charge in [-0.3, -0.25) is 0 Å². The third-order valence-corrected chi connectivity index (χ3v) is 6.13. The number of hydrogen-bond acceptors (Lipinski definition) is 5. The van der Waals surface area contributed by atoms with Crippen LogP contribution < -0.4 is 10.6 Å². The Morgan fingerprint density at radius 1 is 0.528 bits per heavy atom. The van der Waals surface area contributed by atoms with Crippen molar-refractivity contribution in [2.75, 3.05) is 30.3 Å². The molecule has 6 rings (SSSR count). The Kier molecular flexibility index (Phi) is 7.20. The van der Waals surface area contributed by atoms with Crippen LogP contribution in [-0.2, 0) is 0 Å². The van der Waals surface area contributed by atoms with Crippen molar-refractivity contribution in [3.63, 3.8) is 0 Å². The normalized spacial score (nSPS) is 10.9. The first-order valence-electron chi connectivity index (χ1n) is 12.4. The number of nitrogens with zero attached hydrogens (tertiary/aromatic N) is 2. The first-order chi connectivity index (χ1) is 17.8. The summed E-state index contributed by atoms with van der Waals surface area (Å²) in [6, 6.07) is 33.4. The quantitative estimate of drug-likeness (QED) is 0.179. The zero-order chi connectivity index (χ0) is 24.7. The molecule has 180 valence electrons. The Labute approximate surface area is 210 Å². The molecule has 0 atom stereocenters. The van der Waals surface area contributed by atoms with Gasteiger partial charge in [0.05, 0.1) is 33.4 Å². The van der Waals surface area contributed by atoms with E-state index in [-0.39, 0.29) is 6.61 Å².